The summed E-state index contributed by atoms with van der Waals surface area (Å²) in [6.45, 7) is 4.15. The lowest BCUT2D eigenvalue weighted by atomic mass is 9.89. The SMILES string of the molecule is CNS[C@@H](C)C(=O)N[C@H](C(=O)N1CCC[C@H]1c1nc(C(=O)c2ccc(F)cc2)cs1)C1CCN(I)CC1. The van der Waals surface area contributed by atoms with Crippen LogP contribution in [0.2, 0.25) is 0 Å². The molecule has 3 heterocycles. The van der Waals surface area contributed by atoms with E-state index in [-0.39, 0.29) is 34.8 Å². The van der Waals surface area contributed by atoms with Crippen LogP contribution in [0.4, 0.5) is 4.39 Å². The van der Waals surface area contributed by atoms with Crippen molar-refractivity contribution in [3.63, 3.8) is 0 Å². The highest BCUT2D eigenvalue weighted by Gasteiger charge is 2.40. The van der Waals surface area contributed by atoms with Gasteiger partial charge in [0.05, 0.1) is 11.3 Å². The average Bonchev–Trinajstić information content (AvgIpc) is 3.57. The number of carbonyl (C=O) groups excluding carboxylic acids is 3. The Morgan fingerprint density at radius 2 is 1.86 bits per heavy atom. The van der Waals surface area contributed by atoms with Gasteiger partial charge in [-0.3, -0.25) is 19.1 Å². The number of thiazole rings is 1. The Kier molecular flexibility index (Phi) is 9.95. The summed E-state index contributed by atoms with van der Waals surface area (Å²) in [4.78, 5) is 46.2. The van der Waals surface area contributed by atoms with Crippen molar-refractivity contribution in [1.82, 2.24) is 23.0 Å². The molecule has 2 amide bonds. The van der Waals surface area contributed by atoms with Crippen LogP contribution in [-0.4, -0.2) is 68.6 Å². The Morgan fingerprint density at radius 3 is 2.54 bits per heavy atom. The van der Waals surface area contributed by atoms with Crippen molar-refractivity contribution in [2.24, 2.45) is 5.92 Å². The fourth-order valence-electron chi connectivity index (χ4n) is 4.84. The molecule has 4 rings (SSSR count). The Labute approximate surface area is 238 Å². The molecule has 3 atom stereocenters. The highest BCUT2D eigenvalue weighted by atomic mass is 127. The molecule has 12 heteroatoms. The van der Waals surface area contributed by atoms with Crippen molar-refractivity contribution in [3.05, 3.63) is 51.7 Å². The third-order valence-corrected chi connectivity index (χ3v) is 9.58. The third-order valence-electron chi connectivity index (χ3n) is 6.87. The van der Waals surface area contributed by atoms with E-state index in [0.29, 0.717) is 22.8 Å². The van der Waals surface area contributed by atoms with Gasteiger partial charge in [-0.1, -0.05) is 11.9 Å². The first-order chi connectivity index (χ1) is 17.8. The van der Waals surface area contributed by atoms with Gasteiger partial charge in [0, 0.05) is 53.4 Å². The minimum atomic E-state index is -0.599. The highest BCUT2D eigenvalue weighted by molar-refractivity contribution is 14.1. The van der Waals surface area contributed by atoms with Gasteiger partial charge in [0.1, 0.15) is 22.6 Å². The van der Waals surface area contributed by atoms with E-state index in [0.717, 1.165) is 38.8 Å². The van der Waals surface area contributed by atoms with E-state index in [1.54, 1.807) is 12.4 Å². The monoisotopic (exact) mass is 659 g/mol. The minimum absolute atomic E-state index is 0.0578. The molecule has 2 aliphatic heterocycles. The summed E-state index contributed by atoms with van der Waals surface area (Å²) >= 11 is 4.98. The van der Waals surface area contributed by atoms with Crippen LogP contribution in [0.5, 0.6) is 0 Å². The van der Waals surface area contributed by atoms with Crippen LogP contribution in [0, 0.1) is 11.7 Å². The van der Waals surface area contributed by atoms with Gasteiger partial charge >= 0.3 is 0 Å². The van der Waals surface area contributed by atoms with Crippen molar-refractivity contribution in [2.45, 2.75) is 49.9 Å². The molecule has 1 aromatic heterocycles. The largest absolute Gasteiger partial charge is 0.343 e. The predicted octanol–water partition coefficient (Wildman–Crippen LogP) is 3.98. The molecule has 1 aromatic carbocycles. The van der Waals surface area contributed by atoms with Crippen molar-refractivity contribution >= 4 is 63.7 Å². The number of rotatable bonds is 9. The summed E-state index contributed by atoms with van der Waals surface area (Å²) in [5.41, 5.74) is 0.665. The van der Waals surface area contributed by atoms with E-state index in [1.165, 1.54) is 47.6 Å². The first-order valence-electron chi connectivity index (χ1n) is 12.4. The summed E-state index contributed by atoms with van der Waals surface area (Å²) in [7, 11) is 1.77. The average molecular weight is 660 g/mol. The predicted molar refractivity (Wildman–Crippen MR) is 152 cm³/mol. The molecule has 2 aliphatic rings. The second-order valence-electron chi connectivity index (χ2n) is 9.29. The molecule has 0 bridgehead atoms. The van der Waals surface area contributed by atoms with Gasteiger partial charge in [-0.05, 0) is 69.8 Å². The zero-order valence-corrected chi connectivity index (χ0v) is 24.6. The number of halogens is 2. The molecular formula is C25H31FIN5O3S2. The first-order valence-corrected chi connectivity index (χ1v) is 15.1. The molecule has 200 valence electrons. The molecule has 2 saturated heterocycles. The number of amides is 2. The van der Waals surface area contributed by atoms with Crippen LogP contribution in [0.15, 0.2) is 29.6 Å². The Morgan fingerprint density at radius 1 is 1.16 bits per heavy atom. The molecule has 0 spiro atoms. The number of nitrogens with one attached hydrogen (secondary N) is 2. The number of hydrogen-bond donors (Lipinski definition) is 2. The second-order valence-corrected chi connectivity index (χ2v) is 12.9. The quantitative estimate of drug-likeness (QED) is 0.182. The van der Waals surface area contributed by atoms with Crippen LogP contribution >= 0.6 is 46.1 Å². The maximum atomic E-state index is 14.0. The van der Waals surface area contributed by atoms with E-state index in [2.05, 4.69) is 41.0 Å². The number of ketones is 1. The van der Waals surface area contributed by atoms with Gasteiger partial charge < -0.3 is 10.2 Å². The van der Waals surface area contributed by atoms with E-state index in [1.807, 2.05) is 11.8 Å². The molecule has 2 aromatic rings. The molecule has 0 radical (unpaired) electrons. The van der Waals surface area contributed by atoms with Crippen LogP contribution in [0.1, 0.15) is 59.7 Å². The standard InChI is InChI=1S/C25H31FIN5O3S2/c1-15(37-28-2)23(34)30-21(16-9-12-31(27)13-10-16)25(35)32-11-3-4-20(32)24-29-19(14-36-24)22(33)17-5-7-18(26)8-6-17/h5-8,14-16,20-21,28H,3-4,9-13H2,1-2H3,(H,30,34)/t15-,20-,21-/m0/s1. The van der Waals surface area contributed by atoms with Crippen LogP contribution in [0.25, 0.3) is 0 Å². The topological polar surface area (TPSA) is 94.6 Å². The van der Waals surface area contributed by atoms with Crippen molar-refractivity contribution < 1.29 is 18.8 Å². The van der Waals surface area contributed by atoms with E-state index < -0.39 is 11.9 Å². The number of hydrogen-bond acceptors (Lipinski definition) is 8. The van der Waals surface area contributed by atoms with E-state index in [4.69, 9.17) is 0 Å². The maximum Gasteiger partial charge on any atom is 0.246 e. The van der Waals surface area contributed by atoms with Crippen LogP contribution < -0.4 is 10.0 Å². The van der Waals surface area contributed by atoms with Crippen molar-refractivity contribution in [1.29, 1.82) is 0 Å². The van der Waals surface area contributed by atoms with Gasteiger partial charge in [-0.25, -0.2) is 12.5 Å². The molecule has 0 saturated carbocycles. The summed E-state index contributed by atoms with van der Waals surface area (Å²) in [6.07, 6.45) is 3.25. The number of nitrogens with zero attached hydrogens (tertiary/aromatic N) is 3. The fourth-order valence-corrected chi connectivity index (χ4v) is 6.87. The molecule has 0 unspecified atom stereocenters. The third kappa shape index (κ3) is 6.88. The summed E-state index contributed by atoms with van der Waals surface area (Å²) in [6, 6.07) is 4.57. The number of piperidine rings is 1. The van der Waals surface area contributed by atoms with Gasteiger partial charge in [0.25, 0.3) is 0 Å². The number of benzene rings is 1. The Bertz CT molecular complexity index is 1110. The van der Waals surface area contributed by atoms with Crippen molar-refractivity contribution in [2.75, 3.05) is 26.7 Å². The van der Waals surface area contributed by atoms with Crippen molar-refractivity contribution in [3.8, 4) is 0 Å². The molecule has 2 fully saturated rings. The smallest absolute Gasteiger partial charge is 0.246 e. The normalized spacial score (nSPS) is 20.5. The summed E-state index contributed by atoms with van der Waals surface area (Å²) in [5.74, 6) is -0.856. The molecule has 2 N–H and O–H groups in total. The van der Waals surface area contributed by atoms with Crippen LogP contribution in [-0.2, 0) is 9.59 Å². The Balaban J connectivity index is 1.52. The van der Waals surface area contributed by atoms with E-state index in [9.17, 15) is 18.8 Å². The zero-order chi connectivity index (χ0) is 26.5. The Hall–Kier alpha value is -1.61. The van der Waals surface area contributed by atoms with Gasteiger partial charge in [0.2, 0.25) is 17.6 Å². The number of aromatic nitrogens is 1. The summed E-state index contributed by atoms with van der Waals surface area (Å²) < 4.78 is 18.4. The highest BCUT2D eigenvalue weighted by Crippen LogP contribution is 2.36. The summed E-state index contributed by atoms with van der Waals surface area (Å²) in [5, 5.41) is 5.15. The molecule has 37 heavy (non-hydrogen) atoms. The second kappa shape index (κ2) is 13.0. The van der Waals surface area contributed by atoms with Crippen LogP contribution in [0.3, 0.4) is 0 Å². The lowest BCUT2D eigenvalue weighted by molar-refractivity contribution is -0.139. The lowest BCUT2D eigenvalue weighted by Crippen LogP contribution is -2.55. The maximum absolute atomic E-state index is 14.0. The lowest BCUT2D eigenvalue weighted by Gasteiger charge is -2.36. The van der Waals surface area contributed by atoms with Gasteiger partial charge in [0.15, 0.2) is 0 Å². The molecule has 0 aliphatic carbocycles. The minimum Gasteiger partial charge on any atom is -0.343 e. The molecular weight excluding hydrogens is 628 g/mol. The zero-order valence-electron chi connectivity index (χ0n) is 20.8. The van der Waals surface area contributed by atoms with Gasteiger partial charge in [-0.15, -0.1) is 11.3 Å². The molecule has 8 nitrogen and oxygen atoms in total. The number of likely N-dealkylation sites (tertiary alicyclic amines) is 1. The fraction of sp³-hybridized carbons (Fsp3) is 0.520. The van der Waals surface area contributed by atoms with Gasteiger partial charge in [-0.2, -0.15) is 0 Å². The number of carbonyl (C=O) groups is 3. The first kappa shape index (κ1) is 28.4. The van der Waals surface area contributed by atoms with E-state index >= 15 is 0 Å².